The smallest absolute Gasteiger partial charge is 0.315 e. The number of nitrogens with one attached hydrogen (secondary N) is 3. The fourth-order valence-corrected chi connectivity index (χ4v) is 5.64. The fraction of sp³-hybridized carbons (Fsp3) is 0.160. The molecule has 1 aliphatic carbocycles. The molecule has 3 aromatic carbocycles. The van der Waals surface area contributed by atoms with Gasteiger partial charge in [0.1, 0.15) is 21.7 Å². The number of alkyl halides is 4. The molecule has 1 fully saturated rings. The third-order valence-electron chi connectivity index (χ3n) is 6.03. The van der Waals surface area contributed by atoms with Crippen LogP contribution in [0.5, 0.6) is 0 Å². The average molecular weight is 710 g/mol. The lowest BCUT2D eigenvalue weighted by molar-refractivity contribution is -0.126. The van der Waals surface area contributed by atoms with Gasteiger partial charge in [0.15, 0.2) is 5.82 Å². The van der Waals surface area contributed by atoms with Crippen LogP contribution < -0.4 is 16.0 Å². The van der Waals surface area contributed by atoms with Crippen LogP contribution in [-0.2, 0) is 9.59 Å². The summed E-state index contributed by atoms with van der Waals surface area (Å²) in [4.78, 5) is 37.1. The van der Waals surface area contributed by atoms with Crippen molar-refractivity contribution >= 4 is 104 Å². The molecule has 0 radical (unpaired) electrons. The lowest BCUT2D eigenvalue weighted by Gasteiger charge is -2.14. The quantitative estimate of drug-likeness (QED) is 0.130. The van der Waals surface area contributed by atoms with Crippen molar-refractivity contribution in [2.45, 2.75) is 16.7 Å². The van der Waals surface area contributed by atoms with E-state index in [1.54, 1.807) is 0 Å². The van der Waals surface area contributed by atoms with Crippen molar-refractivity contribution in [1.29, 1.82) is 0 Å². The maximum atomic E-state index is 14.8. The van der Waals surface area contributed by atoms with Crippen LogP contribution in [0.3, 0.4) is 0 Å². The predicted octanol–water partition coefficient (Wildman–Crippen LogP) is 8.70. The highest BCUT2D eigenvalue weighted by Crippen LogP contribution is 2.65. The van der Waals surface area contributed by atoms with Gasteiger partial charge in [0.25, 0.3) is 11.8 Å². The Morgan fingerprint density at radius 1 is 0.810 bits per heavy atom. The van der Waals surface area contributed by atoms with E-state index in [0.717, 1.165) is 12.1 Å². The molecular formula is C25H12Cl6F5N3O3. The van der Waals surface area contributed by atoms with Gasteiger partial charge < -0.3 is 16.0 Å². The van der Waals surface area contributed by atoms with E-state index in [-0.39, 0.29) is 20.8 Å². The zero-order valence-electron chi connectivity index (χ0n) is 20.1. The number of carbonyl (C=O) groups is 3. The first-order valence-corrected chi connectivity index (χ1v) is 13.5. The van der Waals surface area contributed by atoms with Crippen molar-refractivity contribution in [3.8, 4) is 0 Å². The Balaban J connectivity index is 1.57. The number of amides is 3. The Morgan fingerprint density at radius 2 is 1.43 bits per heavy atom. The highest BCUT2D eigenvalue weighted by atomic mass is 35.5. The van der Waals surface area contributed by atoms with E-state index < -0.39 is 79.7 Å². The second-order valence-corrected chi connectivity index (χ2v) is 11.8. The van der Waals surface area contributed by atoms with Gasteiger partial charge in [-0.1, -0.05) is 46.4 Å². The highest BCUT2D eigenvalue weighted by Gasteiger charge is 2.67. The first-order chi connectivity index (χ1) is 19.5. The number of rotatable bonds is 7. The minimum atomic E-state index is -3.51. The van der Waals surface area contributed by atoms with Crippen LogP contribution in [0.4, 0.5) is 39.0 Å². The van der Waals surface area contributed by atoms with Gasteiger partial charge in [-0.25, -0.2) is 13.2 Å². The number of carbonyl (C=O) groups excluding carboxylic acids is 3. The maximum absolute atomic E-state index is 14.8. The standard InChI is InChI=1S/C25H12Cl6F5N3O3/c26-10-3-7(4-11(27)18(10)29)15-16(25(15,30)31)23(41)37-8-5-9(17(28)13(33)6-8)22(40)39-20-12(32)1-2-14(19(20)34)38-24(42)21(35)36/h1-6,15-16,21H,(H,37,41)(H,38,42)(H,39,40)/t15-,16+/m0/s1. The minimum Gasteiger partial charge on any atom is -0.326 e. The van der Waals surface area contributed by atoms with Gasteiger partial charge in [-0.05, 0) is 42.0 Å². The van der Waals surface area contributed by atoms with E-state index >= 15 is 0 Å². The third-order valence-corrected chi connectivity index (χ3v) is 8.55. The van der Waals surface area contributed by atoms with E-state index in [2.05, 4.69) is 5.32 Å². The molecule has 0 spiro atoms. The Morgan fingerprint density at radius 3 is 2.02 bits per heavy atom. The van der Waals surface area contributed by atoms with Crippen LogP contribution in [0.25, 0.3) is 0 Å². The van der Waals surface area contributed by atoms with E-state index in [9.17, 15) is 36.3 Å². The van der Waals surface area contributed by atoms with Gasteiger partial charge in [-0.2, -0.15) is 8.78 Å². The van der Waals surface area contributed by atoms with Gasteiger partial charge in [-0.3, -0.25) is 14.4 Å². The molecule has 222 valence electrons. The first kappa shape index (κ1) is 32.4. The van der Waals surface area contributed by atoms with Crippen molar-refractivity contribution in [3.05, 3.63) is 85.1 Å². The first-order valence-electron chi connectivity index (χ1n) is 11.2. The van der Waals surface area contributed by atoms with Crippen LogP contribution in [0.2, 0.25) is 20.1 Å². The summed E-state index contributed by atoms with van der Waals surface area (Å²) < 4.78 is 67.2. The van der Waals surface area contributed by atoms with Gasteiger partial charge in [0.05, 0.1) is 37.3 Å². The molecule has 42 heavy (non-hydrogen) atoms. The molecule has 6 nitrogen and oxygen atoms in total. The summed E-state index contributed by atoms with van der Waals surface area (Å²) in [6.07, 6.45) is -3.51. The number of halogens is 11. The zero-order valence-corrected chi connectivity index (χ0v) is 24.6. The second-order valence-electron chi connectivity index (χ2n) is 8.77. The Bertz CT molecular complexity index is 1620. The molecule has 0 unspecified atom stereocenters. The summed E-state index contributed by atoms with van der Waals surface area (Å²) in [6.45, 7) is 0. The minimum absolute atomic E-state index is 0.0744. The predicted molar refractivity (Wildman–Crippen MR) is 151 cm³/mol. The fourth-order valence-electron chi connectivity index (χ4n) is 4.00. The van der Waals surface area contributed by atoms with Gasteiger partial charge >= 0.3 is 6.43 Å². The molecule has 3 amide bonds. The van der Waals surface area contributed by atoms with E-state index in [0.29, 0.717) is 17.7 Å². The van der Waals surface area contributed by atoms with Crippen LogP contribution in [0.15, 0.2) is 36.4 Å². The summed E-state index contributed by atoms with van der Waals surface area (Å²) in [5, 5.41) is 5.14. The number of hydrogen-bond acceptors (Lipinski definition) is 3. The molecule has 17 heteroatoms. The molecule has 4 rings (SSSR count). The largest absolute Gasteiger partial charge is 0.326 e. The normalized spacial score (nSPS) is 17.1. The molecule has 0 aromatic heterocycles. The molecule has 2 atom stereocenters. The number of hydrogen-bond donors (Lipinski definition) is 3. The molecular weight excluding hydrogens is 698 g/mol. The van der Waals surface area contributed by atoms with Crippen molar-refractivity contribution in [1.82, 2.24) is 0 Å². The van der Waals surface area contributed by atoms with Crippen LogP contribution >= 0.6 is 69.6 Å². The van der Waals surface area contributed by atoms with Crippen LogP contribution in [-0.4, -0.2) is 28.5 Å². The van der Waals surface area contributed by atoms with E-state index in [1.807, 2.05) is 5.32 Å². The Hall–Kier alpha value is -2.54. The SMILES string of the molecule is O=C(Nc1c(F)ccc(NC(=O)C(F)F)c1F)c1cc(NC(=O)[C@H]2[C@H](c3cc(Cl)c(Cl)c(Cl)c3)C2(Cl)Cl)cc(F)c1Cl. The topological polar surface area (TPSA) is 87.3 Å². The van der Waals surface area contributed by atoms with Crippen molar-refractivity contribution in [2.24, 2.45) is 5.92 Å². The van der Waals surface area contributed by atoms with Gasteiger partial charge in [0.2, 0.25) is 5.91 Å². The number of benzene rings is 3. The molecule has 0 saturated heterocycles. The molecule has 0 aliphatic heterocycles. The van der Waals surface area contributed by atoms with E-state index in [1.165, 1.54) is 17.4 Å². The van der Waals surface area contributed by atoms with E-state index in [4.69, 9.17) is 69.6 Å². The maximum Gasteiger partial charge on any atom is 0.315 e. The Labute approximate surface area is 263 Å². The summed E-state index contributed by atoms with van der Waals surface area (Å²) in [7, 11) is 0. The summed E-state index contributed by atoms with van der Waals surface area (Å²) in [5.74, 6) is -10.1. The highest BCUT2D eigenvalue weighted by molar-refractivity contribution is 6.54. The lowest BCUT2D eigenvalue weighted by atomic mass is 10.1. The third kappa shape index (κ3) is 6.36. The molecule has 3 aromatic rings. The average Bonchev–Trinajstić information content (AvgIpc) is 3.49. The molecule has 3 N–H and O–H groups in total. The second kappa shape index (κ2) is 12.2. The van der Waals surface area contributed by atoms with Crippen LogP contribution in [0, 0.1) is 23.4 Å². The van der Waals surface area contributed by atoms with Crippen molar-refractivity contribution < 1.29 is 36.3 Å². The molecule has 0 heterocycles. The molecule has 1 aliphatic rings. The number of anilines is 3. The van der Waals surface area contributed by atoms with Crippen LogP contribution in [0.1, 0.15) is 21.8 Å². The van der Waals surface area contributed by atoms with Crippen molar-refractivity contribution in [3.63, 3.8) is 0 Å². The molecule has 1 saturated carbocycles. The monoisotopic (exact) mass is 707 g/mol. The van der Waals surface area contributed by atoms with Gasteiger partial charge in [0, 0.05) is 11.6 Å². The van der Waals surface area contributed by atoms with Gasteiger partial charge in [-0.15, -0.1) is 23.2 Å². The summed E-state index contributed by atoms with van der Waals surface area (Å²) in [5.41, 5.74) is -2.64. The Kier molecular flexibility index (Phi) is 9.42. The lowest BCUT2D eigenvalue weighted by Crippen LogP contribution is -2.22. The zero-order chi connectivity index (χ0) is 31.3. The summed E-state index contributed by atoms with van der Waals surface area (Å²) >= 11 is 36.6. The molecule has 0 bridgehead atoms. The van der Waals surface area contributed by atoms with Crippen molar-refractivity contribution in [2.75, 3.05) is 16.0 Å². The summed E-state index contributed by atoms with van der Waals surface area (Å²) in [6, 6.07) is 5.73.